The molecule has 1 heterocycles. The van der Waals surface area contributed by atoms with Gasteiger partial charge in [-0.15, -0.1) is 0 Å². The predicted molar refractivity (Wildman–Crippen MR) is 51.2 cm³/mol. The van der Waals surface area contributed by atoms with E-state index in [-0.39, 0.29) is 5.82 Å². The Morgan fingerprint density at radius 1 is 1.13 bits per heavy atom. The highest BCUT2D eigenvalue weighted by molar-refractivity contribution is 5.19. The molecule has 0 amide bonds. The molecule has 0 unspecified atom stereocenters. The third kappa shape index (κ3) is 2.56. The van der Waals surface area contributed by atoms with E-state index in [9.17, 15) is 8.78 Å². The van der Waals surface area contributed by atoms with Crippen molar-refractivity contribution in [3.63, 3.8) is 0 Å². The Bertz CT molecular complexity index is 428. The first kappa shape index (κ1) is 9.71. The smallest absolute Gasteiger partial charge is 0.216 e. The van der Waals surface area contributed by atoms with Gasteiger partial charge in [0.1, 0.15) is 11.6 Å². The van der Waals surface area contributed by atoms with Crippen LogP contribution in [0.4, 0.5) is 8.78 Å². The number of aromatic nitrogens is 2. The average Bonchev–Trinajstić information content (AvgIpc) is 2.17. The Morgan fingerprint density at radius 2 is 2.00 bits per heavy atom. The SMILES string of the molecule is Fc1cccc(Cc2nccc(F)n2)c1. The highest BCUT2D eigenvalue weighted by Crippen LogP contribution is 2.07. The first-order chi connectivity index (χ1) is 7.24. The fraction of sp³-hybridized carbons (Fsp3) is 0.0909. The van der Waals surface area contributed by atoms with Crippen LogP contribution in [0.1, 0.15) is 11.4 Å². The van der Waals surface area contributed by atoms with Gasteiger partial charge in [-0.1, -0.05) is 12.1 Å². The third-order valence-corrected chi connectivity index (χ3v) is 1.92. The normalized spacial score (nSPS) is 10.3. The topological polar surface area (TPSA) is 25.8 Å². The van der Waals surface area contributed by atoms with Gasteiger partial charge in [0.2, 0.25) is 5.95 Å². The fourth-order valence-corrected chi connectivity index (χ4v) is 1.29. The molecule has 1 aromatic heterocycles. The monoisotopic (exact) mass is 206 g/mol. The highest BCUT2D eigenvalue weighted by Gasteiger charge is 2.01. The summed E-state index contributed by atoms with van der Waals surface area (Å²) in [7, 11) is 0. The second kappa shape index (κ2) is 4.13. The van der Waals surface area contributed by atoms with Gasteiger partial charge in [0, 0.05) is 18.7 Å². The summed E-state index contributed by atoms with van der Waals surface area (Å²) in [4.78, 5) is 7.49. The quantitative estimate of drug-likeness (QED) is 0.705. The van der Waals surface area contributed by atoms with Gasteiger partial charge in [0.15, 0.2) is 0 Å². The first-order valence-electron chi connectivity index (χ1n) is 4.46. The molecule has 0 aliphatic rings. The summed E-state index contributed by atoms with van der Waals surface area (Å²) in [5.41, 5.74) is 0.723. The Morgan fingerprint density at radius 3 is 2.73 bits per heavy atom. The van der Waals surface area contributed by atoms with Gasteiger partial charge in [0.05, 0.1) is 0 Å². The lowest BCUT2D eigenvalue weighted by Crippen LogP contribution is -1.98. The van der Waals surface area contributed by atoms with E-state index in [1.165, 1.54) is 24.4 Å². The molecule has 0 saturated heterocycles. The number of rotatable bonds is 2. The fourth-order valence-electron chi connectivity index (χ4n) is 1.29. The molecule has 0 spiro atoms. The lowest BCUT2D eigenvalue weighted by atomic mass is 10.1. The van der Waals surface area contributed by atoms with Crippen LogP contribution in [0.3, 0.4) is 0 Å². The van der Waals surface area contributed by atoms with Crippen LogP contribution in [-0.2, 0) is 6.42 Å². The van der Waals surface area contributed by atoms with E-state index in [0.29, 0.717) is 12.2 Å². The molecule has 0 N–H and O–H groups in total. The highest BCUT2D eigenvalue weighted by atomic mass is 19.1. The van der Waals surface area contributed by atoms with E-state index in [1.807, 2.05) is 0 Å². The number of halogens is 2. The van der Waals surface area contributed by atoms with Crippen molar-refractivity contribution in [2.24, 2.45) is 0 Å². The van der Waals surface area contributed by atoms with E-state index in [4.69, 9.17) is 0 Å². The molecule has 0 aliphatic carbocycles. The predicted octanol–water partition coefficient (Wildman–Crippen LogP) is 2.35. The maximum absolute atomic E-state index is 12.8. The number of nitrogens with zero attached hydrogens (tertiary/aromatic N) is 2. The summed E-state index contributed by atoms with van der Waals surface area (Å²) in [5, 5.41) is 0. The summed E-state index contributed by atoms with van der Waals surface area (Å²) in [6.07, 6.45) is 1.67. The zero-order valence-corrected chi connectivity index (χ0v) is 7.82. The summed E-state index contributed by atoms with van der Waals surface area (Å²) in [5.74, 6) is -0.541. The van der Waals surface area contributed by atoms with Gasteiger partial charge in [-0.25, -0.2) is 14.4 Å². The van der Waals surface area contributed by atoms with Gasteiger partial charge in [-0.3, -0.25) is 0 Å². The molecule has 0 atom stereocenters. The molecule has 0 saturated carbocycles. The van der Waals surface area contributed by atoms with Crippen LogP contribution in [0, 0.1) is 11.8 Å². The molecule has 0 bridgehead atoms. The minimum atomic E-state index is -0.573. The standard InChI is InChI=1S/C11H8F2N2/c12-9-3-1-2-8(6-9)7-11-14-5-4-10(13)15-11/h1-6H,7H2. The number of benzene rings is 1. The zero-order valence-electron chi connectivity index (χ0n) is 7.82. The molecule has 1 aromatic carbocycles. The molecule has 2 rings (SSSR count). The van der Waals surface area contributed by atoms with E-state index < -0.39 is 5.95 Å². The molecule has 76 valence electrons. The van der Waals surface area contributed by atoms with E-state index >= 15 is 0 Å². The van der Waals surface area contributed by atoms with Crippen LogP contribution >= 0.6 is 0 Å². The molecule has 4 heteroatoms. The van der Waals surface area contributed by atoms with Crippen molar-refractivity contribution in [1.82, 2.24) is 9.97 Å². The molecule has 2 aromatic rings. The van der Waals surface area contributed by atoms with Crippen molar-refractivity contribution in [2.45, 2.75) is 6.42 Å². The first-order valence-corrected chi connectivity index (χ1v) is 4.46. The van der Waals surface area contributed by atoms with Crippen LogP contribution in [0.25, 0.3) is 0 Å². The van der Waals surface area contributed by atoms with E-state index in [2.05, 4.69) is 9.97 Å². The van der Waals surface area contributed by atoms with Crippen molar-refractivity contribution < 1.29 is 8.78 Å². The molecule has 15 heavy (non-hydrogen) atoms. The molecular weight excluding hydrogens is 198 g/mol. The lowest BCUT2D eigenvalue weighted by molar-refractivity contribution is 0.571. The van der Waals surface area contributed by atoms with Crippen molar-refractivity contribution in [3.05, 3.63) is 59.7 Å². The van der Waals surface area contributed by atoms with Crippen molar-refractivity contribution in [3.8, 4) is 0 Å². The second-order valence-corrected chi connectivity index (χ2v) is 3.10. The van der Waals surface area contributed by atoms with Crippen LogP contribution in [0.5, 0.6) is 0 Å². The van der Waals surface area contributed by atoms with E-state index in [1.54, 1.807) is 12.1 Å². The number of hydrogen-bond donors (Lipinski definition) is 0. The minimum Gasteiger partial charge on any atom is -0.241 e. The molecule has 0 fully saturated rings. The summed E-state index contributed by atoms with van der Waals surface area (Å²) in [6, 6.07) is 7.26. The molecule has 0 radical (unpaired) electrons. The van der Waals surface area contributed by atoms with Crippen LogP contribution in [0.15, 0.2) is 36.5 Å². The van der Waals surface area contributed by atoms with Gasteiger partial charge in [-0.2, -0.15) is 4.39 Å². The summed E-state index contributed by atoms with van der Waals surface area (Å²) < 4.78 is 25.6. The van der Waals surface area contributed by atoms with Crippen molar-refractivity contribution >= 4 is 0 Å². The maximum Gasteiger partial charge on any atom is 0.216 e. The van der Waals surface area contributed by atoms with E-state index in [0.717, 1.165) is 5.56 Å². The van der Waals surface area contributed by atoms with Gasteiger partial charge in [-0.05, 0) is 17.7 Å². The Kier molecular flexibility index (Phi) is 2.67. The Hall–Kier alpha value is -1.84. The third-order valence-electron chi connectivity index (χ3n) is 1.92. The Balaban J connectivity index is 2.22. The zero-order chi connectivity index (χ0) is 10.7. The van der Waals surface area contributed by atoms with Crippen LogP contribution in [-0.4, -0.2) is 9.97 Å². The van der Waals surface area contributed by atoms with Crippen LogP contribution in [0.2, 0.25) is 0 Å². The average molecular weight is 206 g/mol. The van der Waals surface area contributed by atoms with Gasteiger partial charge >= 0.3 is 0 Å². The lowest BCUT2D eigenvalue weighted by Gasteiger charge is -2.00. The molecule has 2 nitrogen and oxygen atoms in total. The summed E-state index contributed by atoms with van der Waals surface area (Å²) >= 11 is 0. The molecule has 0 aliphatic heterocycles. The minimum absolute atomic E-state index is 0.316. The van der Waals surface area contributed by atoms with Crippen molar-refractivity contribution in [1.29, 1.82) is 0 Å². The van der Waals surface area contributed by atoms with Crippen LogP contribution < -0.4 is 0 Å². The second-order valence-electron chi connectivity index (χ2n) is 3.10. The summed E-state index contributed by atoms with van der Waals surface area (Å²) in [6.45, 7) is 0. The van der Waals surface area contributed by atoms with Gasteiger partial charge < -0.3 is 0 Å². The van der Waals surface area contributed by atoms with Gasteiger partial charge in [0.25, 0.3) is 0 Å². The molecular formula is C11H8F2N2. The maximum atomic E-state index is 12.8. The Labute approximate surface area is 85.6 Å². The largest absolute Gasteiger partial charge is 0.241 e. The van der Waals surface area contributed by atoms with Crippen molar-refractivity contribution in [2.75, 3.05) is 0 Å². The number of hydrogen-bond acceptors (Lipinski definition) is 2.